The molecule has 0 heterocycles. The minimum absolute atomic E-state index is 0.173. The summed E-state index contributed by atoms with van der Waals surface area (Å²) in [4.78, 5) is 24.1. The number of aliphatic hydroxyl groups excluding tert-OH is 1. The Morgan fingerprint density at radius 3 is 2.59 bits per heavy atom. The van der Waals surface area contributed by atoms with Crippen LogP contribution in [0.5, 0.6) is 11.5 Å². The van der Waals surface area contributed by atoms with Gasteiger partial charge in [-0.2, -0.15) is 0 Å². The monoisotopic (exact) mass is 391 g/mol. The smallest absolute Gasteiger partial charge is 0.345 e. The van der Waals surface area contributed by atoms with E-state index < -0.39 is 5.97 Å². The zero-order valence-electron chi connectivity index (χ0n) is 16.1. The Morgan fingerprint density at radius 2 is 1.90 bits per heavy atom. The number of nitrogens with one attached hydrogen (secondary N) is 1. The van der Waals surface area contributed by atoms with Crippen molar-refractivity contribution in [2.75, 3.05) is 12.4 Å². The van der Waals surface area contributed by atoms with E-state index in [1.807, 2.05) is 37.3 Å². The van der Waals surface area contributed by atoms with Gasteiger partial charge in [0.05, 0.1) is 30.5 Å². The van der Waals surface area contributed by atoms with Crippen LogP contribution in [0.1, 0.15) is 31.8 Å². The number of anilines is 2. The Labute approximate surface area is 168 Å². The van der Waals surface area contributed by atoms with Crippen molar-refractivity contribution < 1.29 is 24.2 Å². The molecule has 0 aliphatic heterocycles. The quantitative estimate of drug-likeness (QED) is 0.355. The summed E-state index contributed by atoms with van der Waals surface area (Å²) >= 11 is 0. The first kappa shape index (κ1) is 20.1. The number of para-hydroxylation sites is 1. The minimum atomic E-state index is -0.578. The number of hydrogen-bond donors (Lipinski definition) is 2. The topological polar surface area (TPSA) is 84.9 Å². The van der Waals surface area contributed by atoms with Gasteiger partial charge in [0.25, 0.3) is 0 Å². The molecule has 0 atom stereocenters. The molecule has 0 aliphatic carbocycles. The van der Waals surface area contributed by atoms with Crippen molar-refractivity contribution in [1.82, 2.24) is 0 Å². The van der Waals surface area contributed by atoms with Crippen LogP contribution in [0.3, 0.4) is 0 Å². The van der Waals surface area contributed by atoms with Gasteiger partial charge in [-0.1, -0.05) is 24.3 Å². The molecule has 3 aromatic carbocycles. The second-order valence-electron chi connectivity index (χ2n) is 6.40. The van der Waals surface area contributed by atoms with Gasteiger partial charge in [0.1, 0.15) is 11.5 Å². The number of rotatable bonds is 7. The third-order valence-corrected chi connectivity index (χ3v) is 4.36. The first-order chi connectivity index (χ1) is 14.0. The fraction of sp³-hybridized carbons (Fsp3) is 0.130. The molecule has 3 rings (SSSR count). The summed E-state index contributed by atoms with van der Waals surface area (Å²) in [7, 11) is 1.40. The Bertz CT molecular complexity index is 1020. The summed E-state index contributed by atoms with van der Waals surface area (Å²) in [5.74, 6) is -0.182. The van der Waals surface area contributed by atoms with Gasteiger partial charge in [0.2, 0.25) is 0 Å². The largest absolute Gasteiger partial charge is 0.496 e. The molecule has 0 bridgehead atoms. The lowest BCUT2D eigenvalue weighted by molar-refractivity contribution is 0.0735. The van der Waals surface area contributed by atoms with E-state index in [0.29, 0.717) is 23.1 Å². The van der Waals surface area contributed by atoms with Gasteiger partial charge in [-0.15, -0.1) is 0 Å². The lowest BCUT2D eigenvalue weighted by Crippen LogP contribution is -2.12. The van der Waals surface area contributed by atoms with E-state index in [1.54, 1.807) is 18.2 Å². The van der Waals surface area contributed by atoms with Crippen molar-refractivity contribution >= 4 is 23.6 Å². The van der Waals surface area contributed by atoms with Crippen molar-refractivity contribution in [3.63, 3.8) is 0 Å². The number of esters is 1. The average molecular weight is 391 g/mol. The Hall–Kier alpha value is -3.64. The number of carbonyl (C=O) groups excluding carboxylic acids is 2. The zero-order valence-corrected chi connectivity index (χ0v) is 16.1. The van der Waals surface area contributed by atoms with Crippen LogP contribution >= 0.6 is 0 Å². The molecule has 0 saturated heterocycles. The summed E-state index contributed by atoms with van der Waals surface area (Å²) < 4.78 is 10.7. The van der Waals surface area contributed by atoms with Crippen molar-refractivity contribution in [3.05, 3.63) is 82.9 Å². The number of ether oxygens (including phenoxy) is 2. The molecule has 6 nitrogen and oxygen atoms in total. The molecule has 0 fully saturated rings. The number of aldehydes is 1. The average Bonchev–Trinajstić information content (AvgIpc) is 2.73. The molecule has 6 heteroatoms. The van der Waals surface area contributed by atoms with Crippen LogP contribution in [0.25, 0.3) is 0 Å². The van der Waals surface area contributed by atoms with Crippen molar-refractivity contribution in [1.29, 1.82) is 0 Å². The van der Waals surface area contributed by atoms with E-state index in [4.69, 9.17) is 9.47 Å². The number of methoxy groups -OCH3 is 1. The Kier molecular flexibility index (Phi) is 6.26. The third-order valence-electron chi connectivity index (χ3n) is 4.36. The van der Waals surface area contributed by atoms with Crippen LogP contribution < -0.4 is 14.8 Å². The van der Waals surface area contributed by atoms with Gasteiger partial charge >= 0.3 is 5.97 Å². The van der Waals surface area contributed by atoms with Gasteiger partial charge in [0, 0.05) is 11.8 Å². The minimum Gasteiger partial charge on any atom is -0.496 e. The van der Waals surface area contributed by atoms with Crippen LogP contribution in [0.4, 0.5) is 11.4 Å². The van der Waals surface area contributed by atoms with E-state index in [9.17, 15) is 14.7 Å². The molecule has 0 aliphatic rings. The maximum atomic E-state index is 12.8. The molecule has 0 aromatic heterocycles. The highest BCUT2D eigenvalue weighted by Gasteiger charge is 2.17. The van der Waals surface area contributed by atoms with Crippen molar-refractivity contribution in [2.24, 2.45) is 0 Å². The van der Waals surface area contributed by atoms with Crippen molar-refractivity contribution in [2.45, 2.75) is 13.5 Å². The zero-order chi connectivity index (χ0) is 20.8. The summed E-state index contributed by atoms with van der Waals surface area (Å²) in [6.45, 7) is 1.60. The van der Waals surface area contributed by atoms with Gasteiger partial charge in [0.15, 0.2) is 6.29 Å². The molecule has 2 N–H and O–H groups in total. The summed E-state index contributed by atoms with van der Waals surface area (Å²) in [6, 6.07) is 17.7. The molecule has 148 valence electrons. The van der Waals surface area contributed by atoms with Crippen LogP contribution in [0, 0.1) is 6.92 Å². The highest BCUT2D eigenvalue weighted by atomic mass is 16.5. The van der Waals surface area contributed by atoms with Crippen LogP contribution in [-0.4, -0.2) is 24.5 Å². The fourth-order valence-electron chi connectivity index (χ4n) is 2.96. The highest BCUT2D eigenvalue weighted by Crippen LogP contribution is 2.29. The number of benzene rings is 3. The van der Waals surface area contributed by atoms with Gasteiger partial charge in [-0.25, -0.2) is 4.79 Å². The fourth-order valence-corrected chi connectivity index (χ4v) is 2.96. The van der Waals surface area contributed by atoms with Gasteiger partial charge in [-0.3, -0.25) is 4.79 Å². The van der Waals surface area contributed by atoms with Crippen LogP contribution in [0.15, 0.2) is 60.7 Å². The molecule has 3 aromatic rings. The molecular formula is C23H21NO5. The maximum absolute atomic E-state index is 12.8. The maximum Gasteiger partial charge on any atom is 0.345 e. The Balaban J connectivity index is 1.89. The van der Waals surface area contributed by atoms with E-state index in [0.717, 1.165) is 11.3 Å². The standard InChI is InChI=1S/C23H21NO5/c1-15-6-5-7-17(10-15)24-21-9-4-3-8-19(21)23(27)29-18-11-16(13-25)20(14-26)22(12-18)28-2/h3-12,14,24-25H,13H2,1-2H3. The second kappa shape index (κ2) is 9.03. The molecule has 0 unspecified atom stereocenters. The van der Waals surface area contributed by atoms with E-state index in [1.165, 1.54) is 19.2 Å². The number of aryl methyl sites for hydroxylation is 1. The number of carbonyl (C=O) groups is 2. The number of aliphatic hydroxyl groups is 1. The Morgan fingerprint density at radius 1 is 1.10 bits per heavy atom. The molecule has 0 saturated carbocycles. The first-order valence-electron chi connectivity index (χ1n) is 8.97. The molecule has 0 amide bonds. The summed E-state index contributed by atoms with van der Waals surface area (Å²) in [5.41, 5.74) is 3.42. The highest BCUT2D eigenvalue weighted by molar-refractivity contribution is 5.98. The lowest BCUT2D eigenvalue weighted by atomic mass is 10.1. The van der Waals surface area contributed by atoms with E-state index >= 15 is 0 Å². The molecule has 29 heavy (non-hydrogen) atoms. The number of hydrogen-bond acceptors (Lipinski definition) is 6. The third kappa shape index (κ3) is 4.62. The van der Waals surface area contributed by atoms with E-state index in [-0.39, 0.29) is 23.7 Å². The van der Waals surface area contributed by atoms with Gasteiger partial charge in [-0.05, 0) is 48.4 Å². The summed E-state index contributed by atoms with van der Waals surface area (Å²) in [6.07, 6.45) is 0.594. The van der Waals surface area contributed by atoms with Crippen LogP contribution in [-0.2, 0) is 6.61 Å². The second-order valence-corrected chi connectivity index (χ2v) is 6.40. The van der Waals surface area contributed by atoms with Crippen molar-refractivity contribution in [3.8, 4) is 11.5 Å². The molecular weight excluding hydrogens is 370 g/mol. The van der Waals surface area contributed by atoms with E-state index in [2.05, 4.69) is 5.32 Å². The predicted octanol–water partition coefficient (Wildman–Crippen LogP) is 4.27. The molecule has 0 radical (unpaired) electrons. The normalized spacial score (nSPS) is 10.3. The SMILES string of the molecule is COc1cc(OC(=O)c2ccccc2Nc2cccc(C)c2)cc(CO)c1C=O. The molecule has 0 spiro atoms. The lowest BCUT2D eigenvalue weighted by Gasteiger charge is -2.14. The summed E-state index contributed by atoms with van der Waals surface area (Å²) in [5, 5.41) is 12.7. The predicted molar refractivity (Wildman–Crippen MR) is 110 cm³/mol. The van der Waals surface area contributed by atoms with Gasteiger partial charge < -0.3 is 19.9 Å². The van der Waals surface area contributed by atoms with Crippen LogP contribution in [0.2, 0.25) is 0 Å². The first-order valence-corrected chi connectivity index (χ1v) is 8.97.